The van der Waals surface area contributed by atoms with E-state index < -0.39 is 0 Å². The van der Waals surface area contributed by atoms with Crippen molar-refractivity contribution in [2.75, 3.05) is 0 Å². The van der Waals surface area contributed by atoms with E-state index in [1.165, 1.54) is 39.9 Å². The largest absolute Gasteiger partial charge is 0.0651 e. The molecule has 0 amide bonds. The zero-order valence-corrected chi connectivity index (χ0v) is 11.7. The monoisotopic (exact) mass is 248 g/mol. The van der Waals surface area contributed by atoms with Gasteiger partial charge in [0.25, 0.3) is 0 Å². The molecular formula is C19H20. The van der Waals surface area contributed by atoms with E-state index in [9.17, 15) is 0 Å². The number of hydrogen-bond donors (Lipinski definition) is 0. The molecule has 3 aromatic rings. The van der Waals surface area contributed by atoms with Gasteiger partial charge in [0.2, 0.25) is 0 Å². The molecule has 0 heteroatoms. The molecular weight excluding hydrogens is 228 g/mol. The van der Waals surface area contributed by atoms with Crippen LogP contribution in [-0.2, 0) is 12.8 Å². The molecule has 19 heavy (non-hydrogen) atoms. The minimum absolute atomic E-state index is 1.11. The molecule has 0 fully saturated rings. The van der Waals surface area contributed by atoms with Crippen molar-refractivity contribution in [3.8, 4) is 0 Å². The van der Waals surface area contributed by atoms with Crippen molar-refractivity contribution in [3.63, 3.8) is 0 Å². The number of aryl methyl sites for hydroxylation is 2. The zero-order valence-electron chi connectivity index (χ0n) is 11.7. The second-order valence-electron chi connectivity index (χ2n) is 5.15. The van der Waals surface area contributed by atoms with Crippen LogP contribution in [0, 0.1) is 0 Å². The van der Waals surface area contributed by atoms with E-state index in [4.69, 9.17) is 0 Å². The Labute approximate surface area is 115 Å². The molecule has 0 aliphatic rings. The van der Waals surface area contributed by atoms with Gasteiger partial charge in [-0.25, -0.2) is 0 Å². The quantitative estimate of drug-likeness (QED) is 0.536. The summed E-state index contributed by atoms with van der Waals surface area (Å²) in [5.41, 5.74) is 3.09. The van der Waals surface area contributed by atoms with Crippen molar-refractivity contribution in [3.05, 3.63) is 59.7 Å². The molecule has 96 valence electrons. The van der Waals surface area contributed by atoms with Gasteiger partial charge in [-0.05, 0) is 45.5 Å². The number of rotatable bonds is 3. The molecule has 0 aliphatic heterocycles. The van der Waals surface area contributed by atoms with E-state index in [0.717, 1.165) is 6.42 Å². The van der Waals surface area contributed by atoms with E-state index in [-0.39, 0.29) is 0 Å². The Morgan fingerprint density at radius 3 is 1.58 bits per heavy atom. The zero-order chi connectivity index (χ0) is 13.2. The lowest BCUT2D eigenvalue weighted by Gasteiger charge is -2.16. The summed E-state index contributed by atoms with van der Waals surface area (Å²) < 4.78 is 0. The Bertz CT molecular complexity index is 723. The van der Waals surface area contributed by atoms with E-state index >= 15 is 0 Å². The second kappa shape index (κ2) is 5.05. The summed E-state index contributed by atoms with van der Waals surface area (Å²) in [5, 5.41) is 5.68. The minimum atomic E-state index is 1.11. The summed E-state index contributed by atoms with van der Waals surface area (Å²) in [6.45, 7) is 4.54. The van der Waals surface area contributed by atoms with Gasteiger partial charge in [-0.1, -0.05) is 68.8 Å². The molecule has 0 saturated heterocycles. The summed E-state index contributed by atoms with van der Waals surface area (Å²) in [5.74, 6) is 0. The number of hydrogen-bond acceptors (Lipinski definition) is 0. The van der Waals surface area contributed by atoms with Crippen LogP contribution in [0.4, 0.5) is 0 Å². The van der Waals surface area contributed by atoms with Crippen molar-refractivity contribution in [1.29, 1.82) is 0 Å². The fourth-order valence-corrected chi connectivity index (χ4v) is 3.23. The Morgan fingerprint density at radius 2 is 1.11 bits per heavy atom. The van der Waals surface area contributed by atoms with Gasteiger partial charge in [0.15, 0.2) is 0 Å². The van der Waals surface area contributed by atoms with Crippen molar-refractivity contribution in [2.45, 2.75) is 33.1 Å². The lowest BCUT2D eigenvalue weighted by molar-refractivity contribution is 0.912. The highest BCUT2D eigenvalue weighted by molar-refractivity contribution is 6.10. The summed E-state index contributed by atoms with van der Waals surface area (Å²) >= 11 is 0. The van der Waals surface area contributed by atoms with Crippen LogP contribution in [0.15, 0.2) is 48.5 Å². The third-order valence-electron chi connectivity index (χ3n) is 4.01. The summed E-state index contributed by atoms with van der Waals surface area (Å²) in [6.07, 6.45) is 3.49. The van der Waals surface area contributed by atoms with Gasteiger partial charge in [-0.15, -0.1) is 0 Å². The molecule has 0 saturated carbocycles. The topological polar surface area (TPSA) is 0 Å². The molecule has 0 aliphatic carbocycles. The SMILES string of the molecule is CCCc1c(CC)c2ccccc2c2ccccc12. The van der Waals surface area contributed by atoms with Crippen LogP contribution in [-0.4, -0.2) is 0 Å². The molecule has 0 aromatic heterocycles. The molecule has 0 bridgehead atoms. The van der Waals surface area contributed by atoms with Gasteiger partial charge in [0, 0.05) is 0 Å². The molecule has 0 spiro atoms. The molecule has 0 atom stereocenters. The number of fused-ring (bicyclic) bond motifs is 3. The highest BCUT2D eigenvalue weighted by Gasteiger charge is 2.11. The fraction of sp³-hybridized carbons (Fsp3) is 0.263. The van der Waals surface area contributed by atoms with Crippen molar-refractivity contribution < 1.29 is 0 Å². The smallest absolute Gasteiger partial charge is 0.0102 e. The Balaban J connectivity index is 2.53. The van der Waals surface area contributed by atoms with E-state index in [0.29, 0.717) is 0 Å². The summed E-state index contributed by atoms with van der Waals surface area (Å²) in [4.78, 5) is 0. The van der Waals surface area contributed by atoms with Crippen LogP contribution in [0.1, 0.15) is 31.4 Å². The second-order valence-corrected chi connectivity index (χ2v) is 5.15. The Hall–Kier alpha value is -1.82. The maximum atomic E-state index is 2.28. The van der Waals surface area contributed by atoms with Crippen molar-refractivity contribution in [1.82, 2.24) is 0 Å². The maximum absolute atomic E-state index is 2.28. The molecule has 3 aromatic carbocycles. The van der Waals surface area contributed by atoms with E-state index in [2.05, 4.69) is 62.4 Å². The molecule has 0 radical (unpaired) electrons. The third-order valence-corrected chi connectivity index (χ3v) is 4.01. The molecule has 0 nitrogen and oxygen atoms in total. The summed E-state index contributed by atoms with van der Waals surface area (Å²) in [6, 6.07) is 17.7. The lowest BCUT2D eigenvalue weighted by Crippen LogP contribution is -1.96. The van der Waals surface area contributed by atoms with Gasteiger partial charge < -0.3 is 0 Å². The molecule has 0 N–H and O–H groups in total. The molecule has 0 unspecified atom stereocenters. The Morgan fingerprint density at radius 1 is 0.632 bits per heavy atom. The first-order chi connectivity index (χ1) is 9.36. The van der Waals surface area contributed by atoms with Crippen LogP contribution >= 0.6 is 0 Å². The predicted molar refractivity (Wildman–Crippen MR) is 84.8 cm³/mol. The van der Waals surface area contributed by atoms with E-state index in [1.807, 2.05) is 0 Å². The first-order valence-electron chi connectivity index (χ1n) is 7.28. The van der Waals surface area contributed by atoms with Crippen LogP contribution in [0.2, 0.25) is 0 Å². The number of benzene rings is 3. The highest BCUT2D eigenvalue weighted by atomic mass is 14.2. The lowest BCUT2D eigenvalue weighted by atomic mass is 9.88. The van der Waals surface area contributed by atoms with Gasteiger partial charge in [-0.2, -0.15) is 0 Å². The third kappa shape index (κ3) is 1.92. The van der Waals surface area contributed by atoms with Gasteiger partial charge in [-0.3, -0.25) is 0 Å². The molecule has 3 rings (SSSR count). The first-order valence-corrected chi connectivity index (χ1v) is 7.28. The van der Waals surface area contributed by atoms with Crippen LogP contribution < -0.4 is 0 Å². The summed E-state index contributed by atoms with van der Waals surface area (Å²) in [7, 11) is 0. The maximum Gasteiger partial charge on any atom is -0.0102 e. The normalized spacial score (nSPS) is 11.3. The molecule has 0 heterocycles. The average Bonchev–Trinajstić information content (AvgIpc) is 2.48. The van der Waals surface area contributed by atoms with Gasteiger partial charge in [0.1, 0.15) is 0 Å². The van der Waals surface area contributed by atoms with Crippen molar-refractivity contribution in [2.24, 2.45) is 0 Å². The first kappa shape index (κ1) is 12.2. The van der Waals surface area contributed by atoms with Crippen LogP contribution in [0.25, 0.3) is 21.5 Å². The average molecular weight is 248 g/mol. The van der Waals surface area contributed by atoms with Gasteiger partial charge in [0.05, 0.1) is 0 Å². The fourth-order valence-electron chi connectivity index (χ4n) is 3.23. The van der Waals surface area contributed by atoms with Crippen LogP contribution in [0.5, 0.6) is 0 Å². The standard InChI is InChI=1S/C19H20/c1-3-9-15-14(4-2)16-10-5-6-12-18(16)19-13-8-7-11-17(15)19/h5-8,10-13H,3-4,9H2,1-2H3. The Kier molecular flexibility index (Phi) is 3.25. The van der Waals surface area contributed by atoms with Crippen LogP contribution in [0.3, 0.4) is 0 Å². The predicted octanol–water partition coefficient (Wildman–Crippen LogP) is 5.51. The minimum Gasteiger partial charge on any atom is -0.0651 e. The van der Waals surface area contributed by atoms with E-state index in [1.54, 1.807) is 5.56 Å². The highest BCUT2D eigenvalue weighted by Crippen LogP contribution is 2.33. The van der Waals surface area contributed by atoms with Gasteiger partial charge >= 0.3 is 0 Å². The van der Waals surface area contributed by atoms with Crippen molar-refractivity contribution >= 4 is 21.5 Å².